The summed E-state index contributed by atoms with van der Waals surface area (Å²) in [6, 6.07) is 8.09. The summed E-state index contributed by atoms with van der Waals surface area (Å²) in [5.41, 5.74) is 7.81. The van der Waals surface area contributed by atoms with Crippen LogP contribution >= 0.6 is 0 Å². The van der Waals surface area contributed by atoms with Crippen molar-refractivity contribution in [3.63, 3.8) is 0 Å². The molecule has 0 saturated heterocycles. The number of nitrogens with two attached hydrogens (primary N) is 1. The number of hydrogen-bond donors (Lipinski definition) is 1. The van der Waals surface area contributed by atoms with Crippen LogP contribution in [0, 0.1) is 0 Å². The molecule has 0 radical (unpaired) electrons. The Hall–Kier alpha value is -1.51. The van der Waals surface area contributed by atoms with Crippen molar-refractivity contribution in [3.8, 4) is 0 Å². The van der Waals surface area contributed by atoms with Gasteiger partial charge in [0.05, 0.1) is 0 Å². The summed E-state index contributed by atoms with van der Waals surface area (Å²) in [5.74, 6) is 0.590. The largest absolute Gasteiger partial charge is 0.465 e. The standard InChI is InChI=1S/C13H17NO2/c14-12-5-1-10(2-6-12)11-3-7-13(8-4-11)16-9-15/h1-2,5-6,9,11,13H,3-4,7-8,14H2. The summed E-state index contributed by atoms with van der Waals surface area (Å²) >= 11 is 0. The van der Waals surface area contributed by atoms with Crippen molar-refractivity contribution in [1.82, 2.24) is 0 Å². The maximum Gasteiger partial charge on any atom is 0.293 e. The molecule has 1 aliphatic rings. The number of benzene rings is 1. The first-order valence-corrected chi connectivity index (χ1v) is 5.74. The fourth-order valence-corrected chi connectivity index (χ4v) is 2.38. The second-order valence-corrected chi connectivity index (χ2v) is 4.37. The number of ether oxygens (including phenoxy) is 1. The van der Waals surface area contributed by atoms with E-state index in [4.69, 9.17) is 10.5 Å². The highest BCUT2D eigenvalue weighted by Crippen LogP contribution is 2.33. The van der Waals surface area contributed by atoms with Crippen molar-refractivity contribution in [2.24, 2.45) is 0 Å². The van der Waals surface area contributed by atoms with Crippen LogP contribution in [0.5, 0.6) is 0 Å². The van der Waals surface area contributed by atoms with Crippen LogP contribution in [0.15, 0.2) is 24.3 Å². The maximum atomic E-state index is 10.2. The predicted octanol–water partition coefficient (Wildman–Crippen LogP) is 2.47. The van der Waals surface area contributed by atoms with E-state index < -0.39 is 0 Å². The van der Waals surface area contributed by atoms with Gasteiger partial charge in [0.1, 0.15) is 6.10 Å². The van der Waals surface area contributed by atoms with Crippen LogP contribution in [-0.4, -0.2) is 12.6 Å². The molecular weight excluding hydrogens is 202 g/mol. The fraction of sp³-hybridized carbons (Fsp3) is 0.462. The van der Waals surface area contributed by atoms with E-state index in [9.17, 15) is 4.79 Å². The quantitative estimate of drug-likeness (QED) is 0.627. The van der Waals surface area contributed by atoms with Gasteiger partial charge in [-0.1, -0.05) is 12.1 Å². The van der Waals surface area contributed by atoms with Crippen LogP contribution in [0.25, 0.3) is 0 Å². The molecule has 1 aromatic carbocycles. The van der Waals surface area contributed by atoms with Crippen LogP contribution in [0.2, 0.25) is 0 Å². The Morgan fingerprint density at radius 3 is 2.31 bits per heavy atom. The van der Waals surface area contributed by atoms with E-state index in [1.807, 2.05) is 12.1 Å². The molecule has 1 fully saturated rings. The molecule has 3 nitrogen and oxygen atoms in total. The molecule has 0 amide bonds. The molecule has 0 aromatic heterocycles. The lowest BCUT2D eigenvalue weighted by Crippen LogP contribution is -2.20. The van der Waals surface area contributed by atoms with Crippen molar-refractivity contribution >= 4 is 12.2 Å². The molecule has 0 aliphatic heterocycles. The van der Waals surface area contributed by atoms with Gasteiger partial charge in [-0.05, 0) is 49.3 Å². The number of carbonyl (C=O) groups is 1. The van der Waals surface area contributed by atoms with Crippen molar-refractivity contribution in [1.29, 1.82) is 0 Å². The third-order valence-corrected chi connectivity index (χ3v) is 3.33. The minimum Gasteiger partial charge on any atom is -0.465 e. The maximum absolute atomic E-state index is 10.2. The monoisotopic (exact) mass is 219 g/mol. The first kappa shape index (κ1) is 11.0. The molecule has 1 saturated carbocycles. The molecule has 1 aliphatic carbocycles. The third-order valence-electron chi connectivity index (χ3n) is 3.33. The molecule has 2 rings (SSSR count). The average molecular weight is 219 g/mol. The van der Waals surface area contributed by atoms with E-state index in [-0.39, 0.29) is 6.10 Å². The first-order valence-electron chi connectivity index (χ1n) is 5.74. The number of anilines is 1. The molecule has 0 atom stereocenters. The summed E-state index contributed by atoms with van der Waals surface area (Å²) in [6.07, 6.45) is 4.23. The predicted molar refractivity (Wildman–Crippen MR) is 63.0 cm³/mol. The van der Waals surface area contributed by atoms with Crippen LogP contribution < -0.4 is 5.73 Å². The van der Waals surface area contributed by atoms with Crippen molar-refractivity contribution in [2.75, 3.05) is 5.73 Å². The SMILES string of the molecule is Nc1ccc(C2CCC(OC=O)CC2)cc1. The van der Waals surface area contributed by atoms with E-state index in [0.717, 1.165) is 31.4 Å². The lowest BCUT2D eigenvalue weighted by atomic mass is 9.83. The molecule has 16 heavy (non-hydrogen) atoms. The Bertz CT molecular complexity index is 339. The summed E-state index contributed by atoms with van der Waals surface area (Å²) in [7, 11) is 0. The van der Waals surface area contributed by atoms with Gasteiger partial charge in [0.2, 0.25) is 0 Å². The van der Waals surface area contributed by atoms with Crippen molar-refractivity contribution in [2.45, 2.75) is 37.7 Å². The van der Waals surface area contributed by atoms with E-state index in [1.165, 1.54) is 5.56 Å². The molecule has 0 spiro atoms. The van der Waals surface area contributed by atoms with Gasteiger partial charge in [0.15, 0.2) is 0 Å². The minimum atomic E-state index is 0.127. The highest BCUT2D eigenvalue weighted by atomic mass is 16.5. The van der Waals surface area contributed by atoms with Crippen LogP contribution in [0.1, 0.15) is 37.2 Å². The van der Waals surface area contributed by atoms with Gasteiger partial charge in [-0.3, -0.25) is 4.79 Å². The molecule has 0 unspecified atom stereocenters. The van der Waals surface area contributed by atoms with E-state index in [1.54, 1.807) is 0 Å². The Morgan fingerprint density at radius 2 is 1.75 bits per heavy atom. The number of carbonyl (C=O) groups excluding carboxylic acids is 1. The molecule has 0 bridgehead atoms. The van der Waals surface area contributed by atoms with Crippen LogP contribution in [-0.2, 0) is 9.53 Å². The lowest BCUT2D eigenvalue weighted by molar-refractivity contribution is -0.135. The molecule has 0 heterocycles. The second kappa shape index (κ2) is 5.01. The van der Waals surface area contributed by atoms with Crippen LogP contribution in [0.3, 0.4) is 0 Å². The molecule has 3 heteroatoms. The zero-order valence-electron chi connectivity index (χ0n) is 9.26. The Kier molecular flexibility index (Phi) is 3.44. The topological polar surface area (TPSA) is 52.3 Å². The smallest absolute Gasteiger partial charge is 0.293 e. The summed E-state index contributed by atoms with van der Waals surface area (Å²) in [4.78, 5) is 10.2. The number of rotatable bonds is 3. The van der Waals surface area contributed by atoms with Gasteiger partial charge in [-0.15, -0.1) is 0 Å². The zero-order valence-corrected chi connectivity index (χ0v) is 9.26. The van der Waals surface area contributed by atoms with Gasteiger partial charge in [0.25, 0.3) is 6.47 Å². The van der Waals surface area contributed by atoms with Gasteiger partial charge in [0, 0.05) is 5.69 Å². The molecule has 86 valence electrons. The molecular formula is C13H17NO2. The van der Waals surface area contributed by atoms with Crippen molar-refractivity contribution < 1.29 is 9.53 Å². The number of nitrogen functional groups attached to an aromatic ring is 1. The Labute approximate surface area is 95.6 Å². The second-order valence-electron chi connectivity index (χ2n) is 4.37. The highest BCUT2D eigenvalue weighted by molar-refractivity contribution is 5.40. The van der Waals surface area contributed by atoms with E-state index in [0.29, 0.717) is 12.4 Å². The summed E-state index contributed by atoms with van der Waals surface area (Å²) < 4.78 is 4.99. The van der Waals surface area contributed by atoms with Crippen molar-refractivity contribution in [3.05, 3.63) is 29.8 Å². The van der Waals surface area contributed by atoms with Gasteiger partial charge in [-0.25, -0.2) is 0 Å². The fourth-order valence-electron chi connectivity index (χ4n) is 2.38. The normalized spacial score (nSPS) is 25.0. The Morgan fingerprint density at radius 1 is 1.12 bits per heavy atom. The summed E-state index contributed by atoms with van der Waals surface area (Å²) in [5, 5.41) is 0. The average Bonchev–Trinajstić information content (AvgIpc) is 2.32. The Balaban J connectivity index is 1.93. The van der Waals surface area contributed by atoms with Gasteiger partial charge >= 0.3 is 0 Å². The first-order chi connectivity index (χ1) is 7.79. The molecule has 1 aromatic rings. The van der Waals surface area contributed by atoms with Gasteiger partial charge < -0.3 is 10.5 Å². The van der Waals surface area contributed by atoms with Crippen LogP contribution in [0.4, 0.5) is 5.69 Å². The van der Waals surface area contributed by atoms with Gasteiger partial charge in [-0.2, -0.15) is 0 Å². The van der Waals surface area contributed by atoms with E-state index in [2.05, 4.69) is 12.1 Å². The third kappa shape index (κ3) is 2.54. The van der Waals surface area contributed by atoms with E-state index >= 15 is 0 Å². The highest BCUT2D eigenvalue weighted by Gasteiger charge is 2.22. The number of hydrogen-bond acceptors (Lipinski definition) is 3. The lowest BCUT2D eigenvalue weighted by Gasteiger charge is -2.27. The summed E-state index contributed by atoms with van der Waals surface area (Å²) in [6.45, 7) is 0.564. The minimum absolute atomic E-state index is 0.127. The zero-order chi connectivity index (χ0) is 11.4. The molecule has 2 N–H and O–H groups in total.